The lowest BCUT2D eigenvalue weighted by atomic mass is 10.2. The Balaban J connectivity index is 2.07. The van der Waals surface area contributed by atoms with Gasteiger partial charge >= 0.3 is 6.03 Å². The summed E-state index contributed by atoms with van der Waals surface area (Å²) in [6.45, 7) is 1.95. The number of benzene rings is 2. The number of rotatable bonds is 2. The summed E-state index contributed by atoms with van der Waals surface area (Å²) in [7, 11) is 0. The molecule has 0 aliphatic rings. The van der Waals surface area contributed by atoms with Gasteiger partial charge in [-0.2, -0.15) is 0 Å². The van der Waals surface area contributed by atoms with Crippen molar-refractivity contribution in [3.8, 4) is 0 Å². The molecule has 0 unspecified atom stereocenters. The van der Waals surface area contributed by atoms with Crippen LogP contribution in [0.2, 0.25) is 5.02 Å². The standard InChI is InChI=1S/C14H11BrClFN2O/c1-8-2-5-13(10(15)6-8)19-14(20)18-9-3-4-12(17)11(16)7-9/h2-7H,1H3,(H2,18,19,20). The van der Waals surface area contributed by atoms with Gasteiger partial charge in [-0.15, -0.1) is 0 Å². The summed E-state index contributed by atoms with van der Waals surface area (Å²) >= 11 is 9.01. The highest BCUT2D eigenvalue weighted by molar-refractivity contribution is 9.10. The Morgan fingerprint density at radius 2 is 1.95 bits per heavy atom. The van der Waals surface area contributed by atoms with Crippen molar-refractivity contribution in [2.24, 2.45) is 0 Å². The molecule has 0 aliphatic heterocycles. The topological polar surface area (TPSA) is 41.1 Å². The average Bonchev–Trinajstić information content (AvgIpc) is 2.37. The predicted octanol–water partition coefficient (Wildman–Crippen LogP) is 5.19. The van der Waals surface area contributed by atoms with Gasteiger partial charge in [-0.05, 0) is 58.7 Å². The minimum absolute atomic E-state index is 0.0423. The Morgan fingerprint density at radius 3 is 2.60 bits per heavy atom. The lowest BCUT2D eigenvalue weighted by molar-refractivity contribution is 0.262. The molecule has 0 radical (unpaired) electrons. The van der Waals surface area contributed by atoms with E-state index < -0.39 is 11.8 Å². The van der Waals surface area contributed by atoms with E-state index in [4.69, 9.17) is 11.6 Å². The smallest absolute Gasteiger partial charge is 0.308 e. The molecule has 2 amide bonds. The van der Waals surface area contributed by atoms with Crippen LogP contribution in [0.5, 0.6) is 0 Å². The quantitative estimate of drug-likeness (QED) is 0.762. The van der Waals surface area contributed by atoms with E-state index in [-0.39, 0.29) is 5.02 Å². The van der Waals surface area contributed by atoms with Gasteiger partial charge in [-0.3, -0.25) is 0 Å². The maximum atomic E-state index is 13.0. The molecule has 0 aromatic heterocycles. The number of aryl methyl sites for hydroxylation is 1. The van der Waals surface area contributed by atoms with Gasteiger partial charge in [0.05, 0.1) is 10.7 Å². The Kier molecular flexibility index (Phi) is 4.62. The average molecular weight is 358 g/mol. The molecule has 6 heteroatoms. The monoisotopic (exact) mass is 356 g/mol. The first-order chi connectivity index (χ1) is 9.45. The number of hydrogen-bond donors (Lipinski definition) is 2. The van der Waals surface area contributed by atoms with Gasteiger partial charge < -0.3 is 10.6 Å². The van der Waals surface area contributed by atoms with Gasteiger partial charge in [-0.1, -0.05) is 17.7 Å². The molecule has 104 valence electrons. The maximum Gasteiger partial charge on any atom is 0.323 e. The third-order valence-electron chi connectivity index (χ3n) is 2.55. The summed E-state index contributed by atoms with van der Waals surface area (Å²) < 4.78 is 13.8. The fraction of sp³-hybridized carbons (Fsp3) is 0.0714. The Morgan fingerprint density at radius 1 is 1.20 bits per heavy atom. The normalized spacial score (nSPS) is 10.2. The summed E-state index contributed by atoms with van der Waals surface area (Å²) in [5.74, 6) is -0.529. The molecule has 20 heavy (non-hydrogen) atoms. The first-order valence-corrected chi connectivity index (χ1v) is 6.92. The largest absolute Gasteiger partial charge is 0.323 e. The predicted molar refractivity (Wildman–Crippen MR) is 82.9 cm³/mol. The van der Waals surface area contributed by atoms with Gasteiger partial charge in [-0.25, -0.2) is 9.18 Å². The second kappa shape index (κ2) is 6.24. The van der Waals surface area contributed by atoms with Gasteiger partial charge in [0.15, 0.2) is 0 Å². The molecular weight excluding hydrogens is 347 g/mol. The molecule has 0 aliphatic carbocycles. The molecule has 2 aromatic rings. The van der Waals surface area contributed by atoms with Crippen LogP contribution in [0, 0.1) is 12.7 Å². The lowest BCUT2D eigenvalue weighted by Crippen LogP contribution is -2.19. The highest BCUT2D eigenvalue weighted by Crippen LogP contribution is 2.24. The SMILES string of the molecule is Cc1ccc(NC(=O)Nc2ccc(F)c(Cl)c2)c(Br)c1. The van der Waals surface area contributed by atoms with E-state index in [1.54, 1.807) is 6.07 Å². The summed E-state index contributed by atoms with van der Waals surface area (Å²) in [6, 6.07) is 9.11. The highest BCUT2D eigenvalue weighted by Gasteiger charge is 2.07. The first kappa shape index (κ1) is 14.8. The zero-order valence-corrected chi connectivity index (χ0v) is 12.8. The molecule has 0 bridgehead atoms. The van der Waals surface area contributed by atoms with E-state index in [0.717, 1.165) is 10.0 Å². The molecular formula is C14H11BrClFN2O. The van der Waals surface area contributed by atoms with Crippen LogP contribution in [-0.4, -0.2) is 6.03 Å². The molecule has 0 heterocycles. The van der Waals surface area contributed by atoms with Gasteiger partial charge in [0.2, 0.25) is 0 Å². The van der Waals surface area contributed by atoms with E-state index in [0.29, 0.717) is 11.4 Å². The van der Waals surface area contributed by atoms with Crippen LogP contribution in [0.3, 0.4) is 0 Å². The van der Waals surface area contributed by atoms with E-state index >= 15 is 0 Å². The van der Waals surface area contributed by atoms with Crippen molar-refractivity contribution in [1.82, 2.24) is 0 Å². The van der Waals surface area contributed by atoms with Crippen molar-refractivity contribution in [3.05, 3.63) is 57.3 Å². The summed E-state index contributed by atoms with van der Waals surface area (Å²) in [5.41, 5.74) is 2.13. The fourth-order valence-corrected chi connectivity index (χ4v) is 2.35. The summed E-state index contributed by atoms with van der Waals surface area (Å²) in [6.07, 6.45) is 0. The minimum Gasteiger partial charge on any atom is -0.308 e. The summed E-state index contributed by atoms with van der Waals surface area (Å²) in [4.78, 5) is 11.8. The molecule has 0 atom stereocenters. The van der Waals surface area contributed by atoms with E-state index in [9.17, 15) is 9.18 Å². The Bertz CT molecular complexity index is 664. The first-order valence-electron chi connectivity index (χ1n) is 5.75. The van der Waals surface area contributed by atoms with Crippen molar-refractivity contribution >= 4 is 44.9 Å². The van der Waals surface area contributed by atoms with Crippen molar-refractivity contribution < 1.29 is 9.18 Å². The number of nitrogens with one attached hydrogen (secondary N) is 2. The van der Waals surface area contributed by atoms with Crippen molar-refractivity contribution in [1.29, 1.82) is 0 Å². The molecule has 0 saturated heterocycles. The molecule has 0 saturated carbocycles. The summed E-state index contributed by atoms with van der Waals surface area (Å²) in [5, 5.41) is 5.22. The number of amides is 2. The number of anilines is 2. The molecule has 0 fully saturated rings. The zero-order chi connectivity index (χ0) is 14.7. The second-order valence-electron chi connectivity index (χ2n) is 4.19. The number of halogens is 3. The van der Waals surface area contributed by atoms with Crippen LogP contribution >= 0.6 is 27.5 Å². The van der Waals surface area contributed by atoms with E-state index in [2.05, 4.69) is 26.6 Å². The second-order valence-corrected chi connectivity index (χ2v) is 5.45. The lowest BCUT2D eigenvalue weighted by Gasteiger charge is -2.10. The zero-order valence-electron chi connectivity index (χ0n) is 10.5. The minimum atomic E-state index is -0.529. The van der Waals surface area contributed by atoms with Crippen LogP contribution in [-0.2, 0) is 0 Å². The number of hydrogen-bond acceptors (Lipinski definition) is 1. The van der Waals surface area contributed by atoms with Crippen LogP contribution < -0.4 is 10.6 Å². The fourth-order valence-electron chi connectivity index (χ4n) is 1.58. The molecule has 2 rings (SSSR count). The molecule has 3 nitrogen and oxygen atoms in total. The van der Waals surface area contributed by atoms with Crippen LogP contribution in [0.4, 0.5) is 20.6 Å². The van der Waals surface area contributed by atoms with Gasteiger partial charge in [0.25, 0.3) is 0 Å². The Labute approximate surface area is 129 Å². The Hall–Kier alpha value is -1.59. The number of carbonyl (C=O) groups excluding carboxylic acids is 1. The third kappa shape index (κ3) is 3.71. The molecule has 0 spiro atoms. The van der Waals surface area contributed by atoms with Crippen molar-refractivity contribution in [2.75, 3.05) is 10.6 Å². The van der Waals surface area contributed by atoms with Gasteiger partial charge in [0.1, 0.15) is 5.82 Å². The van der Waals surface area contributed by atoms with E-state index in [1.165, 1.54) is 18.2 Å². The van der Waals surface area contributed by atoms with Crippen molar-refractivity contribution in [3.63, 3.8) is 0 Å². The van der Waals surface area contributed by atoms with Gasteiger partial charge in [0, 0.05) is 10.2 Å². The highest BCUT2D eigenvalue weighted by atomic mass is 79.9. The number of urea groups is 1. The number of carbonyl (C=O) groups is 1. The third-order valence-corrected chi connectivity index (χ3v) is 3.50. The van der Waals surface area contributed by atoms with Crippen molar-refractivity contribution in [2.45, 2.75) is 6.92 Å². The van der Waals surface area contributed by atoms with Crippen LogP contribution in [0.15, 0.2) is 40.9 Å². The van der Waals surface area contributed by atoms with Crippen LogP contribution in [0.1, 0.15) is 5.56 Å². The van der Waals surface area contributed by atoms with E-state index in [1.807, 2.05) is 19.1 Å². The molecule has 2 N–H and O–H groups in total. The maximum absolute atomic E-state index is 13.0. The van der Waals surface area contributed by atoms with Crippen LogP contribution in [0.25, 0.3) is 0 Å². The molecule has 2 aromatic carbocycles.